The average molecular weight is 314 g/mol. The van der Waals surface area contributed by atoms with Gasteiger partial charge in [0, 0.05) is 23.5 Å². The van der Waals surface area contributed by atoms with E-state index in [0.29, 0.717) is 17.5 Å². The standard InChI is InChI=1S/C22H18O2/c1-3-10-19(16-11-6-5-7-12-16)22(15-4-2)20(23)17-13-8-9-14-18(17)21(22)24/h1,4-9,11-14,19H,2,10,15H2. The van der Waals surface area contributed by atoms with E-state index in [1.165, 1.54) is 0 Å². The molecular formula is C22H18O2. The number of carbonyl (C=O) groups excluding carboxylic acids is 2. The number of hydrogen-bond donors (Lipinski definition) is 0. The fraction of sp³-hybridized carbons (Fsp3) is 0.182. The van der Waals surface area contributed by atoms with E-state index < -0.39 is 5.41 Å². The first-order chi connectivity index (χ1) is 11.7. The molecule has 0 amide bonds. The lowest BCUT2D eigenvalue weighted by atomic mass is 9.65. The normalized spacial score (nSPS) is 16.3. The van der Waals surface area contributed by atoms with Gasteiger partial charge < -0.3 is 0 Å². The third-order valence-electron chi connectivity index (χ3n) is 4.81. The Hall–Kier alpha value is -2.92. The van der Waals surface area contributed by atoms with Crippen LogP contribution in [0.5, 0.6) is 0 Å². The van der Waals surface area contributed by atoms with Crippen LogP contribution in [0, 0.1) is 17.8 Å². The van der Waals surface area contributed by atoms with Crippen molar-refractivity contribution in [3.63, 3.8) is 0 Å². The van der Waals surface area contributed by atoms with Gasteiger partial charge in [-0.25, -0.2) is 0 Å². The first-order valence-electron chi connectivity index (χ1n) is 7.94. The number of hydrogen-bond acceptors (Lipinski definition) is 2. The molecule has 0 saturated heterocycles. The fourth-order valence-electron chi connectivity index (χ4n) is 3.71. The Morgan fingerprint density at radius 3 is 2.04 bits per heavy atom. The van der Waals surface area contributed by atoms with Crippen LogP contribution in [0.15, 0.2) is 67.3 Å². The van der Waals surface area contributed by atoms with Gasteiger partial charge >= 0.3 is 0 Å². The largest absolute Gasteiger partial charge is 0.293 e. The van der Waals surface area contributed by atoms with Crippen molar-refractivity contribution in [1.82, 2.24) is 0 Å². The zero-order chi connectivity index (χ0) is 17.2. The predicted molar refractivity (Wildman–Crippen MR) is 95.0 cm³/mol. The van der Waals surface area contributed by atoms with Gasteiger partial charge in [-0.2, -0.15) is 0 Å². The summed E-state index contributed by atoms with van der Waals surface area (Å²) in [6.45, 7) is 3.78. The lowest BCUT2D eigenvalue weighted by Crippen LogP contribution is -2.39. The highest BCUT2D eigenvalue weighted by atomic mass is 16.2. The van der Waals surface area contributed by atoms with Gasteiger partial charge in [0.1, 0.15) is 5.41 Å². The molecule has 2 aromatic carbocycles. The first-order valence-corrected chi connectivity index (χ1v) is 7.94. The first kappa shape index (κ1) is 16.0. The summed E-state index contributed by atoms with van der Waals surface area (Å²) in [5.41, 5.74) is 0.690. The molecule has 1 unspecified atom stereocenters. The number of allylic oxidation sites excluding steroid dienone is 1. The minimum atomic E-state index is -1.20. The molecule has 1 aliphatic carbocycles. The molecule has 2 heteroatoms. The van der Waals surface area contributed by atoms with Crippen molar-refractivity contribution in [1.29, 1.82) is 0 Å². The molecule has 0 spiro atoms. The topological polar surface area (TPSA) is 34.1 Å². The number of carbonyl (C=O) groups is 2. The van der Waals surface area contributed by atoms with Crippen molar-refractivity contribution in [2.75, 3.05) is 0 Å². The number of ketones is 2. The van der Waals surface area contributed by atoms with Crippen molar-refractivity contribution in [2.45, 2.75) is 18.8 Å². The average Bonchev–Trinajstić information content (AvgIpc) is 2.84. The maximum absolute atomic E-state index is 13.3. The highest BCUT2D eigenvalue weighted by molar-refractivity contribution is 6.30. The molecule has 2 aromatic rings. The summed E-state index contributed by atoms with van der Waals surface area (Å²) >= 11 is 0. The van der Waals surface area contributed by atoms with Gasteiger partial charge in [-0.3, -0.25) is 9.59 Å². The molecule has 1 aliphatic rings. The van der Waals surface area contributed by atoms with Gasteiger partial charge in [0.05, 0.1) is 0 Å². The zero-order valence-electron chi connectivity index (χ0n) is 13.4. The van der Waals surface area contributed by atoms with E-state index in [4.69, 9.17) is 6.42 Å². The summed E-state index contributed by atoms with van der Waals surface area (Å²) in [5.74, 6) is 2.00. The predicted octanol–water partition coefficient (Wildman–Crippen LogP) is 4.44. The summed E-state index contributed by atoms with van der Waals surface area (Å²) in [7, 11) is 0. The van der Waals surface area contributed by atoms with E-state index in [1.54, 1.807) is 30.3 Å². The molecule has 0 N–H and O–H groups in total. The molecular weight excluding hydrogens is 296 g/mol. The number of rotatable bonds is 5. The minimum absolute atomic E-state index is 0.146. The van der Waals surface area contributed by atoms with E-state index in [2.05, 4.69) is 12.5 Å². The van der Waals surface area contributed by atoms with Crippen molar-refractivity contribution < 1.29 is 9.59 Å². The van der Waals surface area contributed by atoms with Gasteiger partial charge in [-0.05, 0) is 12.0 Å². The quantitative estimate of drug-likeness (QED) is 0.464. The molecule has 3 rings (SSSR count). The van der Waals surface area contributed by atoms with Crippen LogP contribution in [0.4, 0.5) is 0 Å². The van der Waals surface area contributed by atoms with Crippen LogP contribution >= 0.6 is 0 Å². The Bertz CT molecular complexity index is 805. The lowest BCUT2D eigenvalue weighted by Gasteiger charge is -2.33. The molecule has 24 heavy (non-hydrogen) atoms. The Morgan fingerprint density at radius 1 is 1.00 bits per heavy atom. The van der Waals surface area contributed by atoms with Crippen molar-refractivity contribution >= 4 is 11.6 Å². The van der Waals surface area contributed by atoms with Gasteiger partial charge in [-0.15, -0.1) is 18.9 Å². The van der Waals surface area contributed by atoms with E-state index in [9.17, 15) is 9.59 Å². The third kappa shape index (κ3) is 2.21. The van der Waals surface area contributed by atoms with Crippen molar-refractivity contribution in [2.24, 2.45) is 5.41 Å². The maximum atomic E-state index is 13.3. The van der Waals surface area contributed by atoms with Crippen molar-refractivity contribution in [3.05, 3.63) is 83.9 Å². The number of terminal acetylenes is 1. The summed E-state index contributed by atoms with van der Waals surface area (Å²) in [5, 5.41) is 0. The molecule has 118 valence electrons. The summed E-state index contributed by atoms with van der Waals surface area (Å²) in [4.78, 5) is 26.5. The van der Waals surface area contributed by atoms with Crippen LogP contribution in [0.3, 0.4) is 0 Å². The van der Waals surface area contributed by atoms with Gasteiger partial charge in [0.2, 0.25) is 0 Å². The summed E-state index contributed by atoms with van der Waals surface area (Å²) in [6.07, 6.45) is 7.84. The van der Waals surface area contributed by atoms with Crippen LogP contribution in [-0.2, 0) is 0 Å². The second-order valence-corrected chi connectivity index (χ2v) is 6.04. The third-order valence-corrected chi connectivity index (χ3v) is 4.81. The Balaban J connectivity index is 2.22. The molecule has 0 fully saturated rings. The zero-order valence-corrected chi connectivity index (χ0v) is 13.4. The number of Topliss-reactive ketones (excluding diaryl/α,β-unsaturated/α-hetero) is 2. The highest BCUT2D eigenvalue weighted by Crippen LogP contribution is 2.50. The SMILES string of the molecule is C#CCC(c1ccccc1)C1(CC=C)C(=O)c2ccccc2C1=O. The molecule has 0 bridgehead atoms. The van der Waals surface area contributed by atoms with Crippen LogP contribution in [0.1, 0.15) is 45.0 Å². The van der Waals surface area contributed by atoms with Crippen LogP contribution in [0.2, 0.25) is 0 Å². The van der Waals surface area contributed by atoms with E-state index >= 15 is 0 Å². The number of fused-ring (bicyclic) bond motifs is 1. The highest BCUT2D eigenvalue weighted by Gasteiger charge is 2.56. The molecule has 0 aliphatic heterocycles. The lowest BCUT2D eigenvalue weighted by molar-refractivity contribution is 0.0654. The molecule has 0 aromatic heterocycles. The Morgan fingerprint density at radius 2 is 1.54 bits per heavy atom. The monoisotopic (exact) mass is 314 g/mol. The molecule has 2 nitrogen and oxygen atoms in total. The number of benzene rings is 2. The Kier molecular flexibility index (Phi) is 4.18. The summed E-state index contributed by atoms with van der Waals surface area (Å²) < 4.78 is 0. The van der Waals surface area contributed by atoms with Crippen LogP contribution in [0.25, 0.3) is 0 Å². The smallest absolute Gasteiger partial charge is 0.178 e. The van der Waals surface area contributed by atoms with E-state index in [-0.39, 0.29) is 23.9 Å². The second-order valence-electron chi connectivity index (χ2n) is 6.04. The minimum Gasteiger partial charge on any atom is -0.293 e. The maximum Gasteiger partial charge on any atom is 0.178 e. The second kappa shape index (κ2) is 6.29. The molecule has 0 heterocycles. The van der Waals surface area contributed by atoms with Crippen LogP contribution in [-0.4, -0.2) is 11.6 Å². The summed E-state index contributed by atoms with van der Waals surface area (Å²) in [6, 6.07) is 16.6. The molecule has 0 saturated carbocycles. The molecule has 1 atom stereocenters. The van der Waals surface area contributed by atoms with Gasteiger partial charge in [0.25, 0.3) is 0 Å². The van der Waals surface area contributed by atoms with Gasteiger partial charge in [0.15, 0.2) is 11.6 Å². The van der Waals surface area contributed by atoms with E-state index in [0.717, 1.165) is 5.56 Å². The Labute approximate surface area is 142 Å². The van der Waals surface area contributed by atoms with E-state index in [1.807, 2.05) is 30.3 Å². The van der Waals surface area contributed by atoms with Crippen molar-refractivity contribution in [3.8, 4) is 12.3 Å². The van der Waals surface area contributed by atoms with Gasteiger partial charge in [-0.1, -0.05) is 60.7 Å². The fourth-order valence-corrected chi connectivity index (χ4v) is 3.71. The molecule has 0 radical (unpaired) electrons. The van der Waals surface area contributed by atoms with Crippen LogP contribution < -0.4 is 0 Å².